The third-order valence-corrected chi connectivity index (χ3v) is 3.78. The highest BCUT2D eigenvalue weighted by molar-refractivity contribution is 5.91. The number of aromatic nitrogens is 3. The van der Waals surface area contributed by atoms with Crippen molar-refractivity contribution in [2.24, 2.45) is 0 Å². The topological polar surface area (TPSA) is 80.9 Å². The Morgan fingerprint density at radius 2 is 2.08 bits per heavy atom. The van der Waals surface area contributed by atoms with E-state index >= 15 is 0 Å². The van der Waals surface area contributed by atoms with Gasteiger partial charge in [-0.1, -0.05) is 36.7 Å². The number of anilines is 1. The van der Waals surface area contributed by atoms with E-state index in [1.165, 1.54) is 0 Å². The molecule has 0 spiro atoms. The number of nitrogens with zero attached hydrogens (tertiary/aromatic N) is 3. The quantitative estimate of drug-likeness (QED) is 0.709. The number of para-hydroxylation sites is 1. The van der Waals surface area contributed by atoms with Crippen LogP contribution in [-0.2, 0) is 11.2 Å². The van der Waals surface area contributed by atoms with Crippen molar-refractivity contribution < 1.29 is 9.32 Å². The first-order valence-corrected chi connectivity index (χ1v) is 8.37. The highest BCUT2D eigenvalue weighted by atomic mass is 16.5. The van der Waals surface area contributed by atoms with E-state index in [9.17, 15) is 4.79 Å². The summed E-state index contributed by atoms with van der Waals surface area (Å²) in [5, 5.41) is 6.97. The minimum atomic E-state index is 0.0240. The Morgan fingerprint density at radius 1 is 1.20 bits per heavy atom. The van der Waals surface area contributed by atoms with Crippen molar-refractivity contribution in [2.45, 2.75) is 32.6 Å². The number of amides is 1. The lowest BCUT2D eigenvalue weighted by Gasteiger charge is -2.09. The fourth-order valence-corrected chi connectivity index (χ4v) is 2.45. The molecule has 0 unspecified atom stereocenters. The maximum atomic E-state index is 12.0. The van der Waals surface area contributed by atoms with Crippen molar-refractivity contribution in [1.82, 2.24) is 15.1 Å². The van der Waals surface area contributed by atoms with E-state index in [1.54, 1.807) is 12.4 Å². The zero-order valence-electron chi connectivity index (χ0n) is 14.1. The first kappa shape index (κ1) is 16.8. The number of benzene rings is 1. The highest BCUT2D eigenvalue weighted by Gasteiger charge is 2.12. The van der Waals surface area contributed by atoms with Crippen molar-refractivity contribution in [1.29, 1.82) is 0 Å². The van der Waals surface area contributed by atoms with Crippen molar-refractivity contribution in [3.8, 4) is 11.4 Å². The summed E-state index contributed by atoms with van der Waals surface area (Å²) in [5.41, 5.74) is 2.53. The molecule has 0 saturated heterocycles. The van der Waals surface area contributed by atoms with Crippen LogP contribution in [0, 0.1) is 0 Å². The van der Waals surface area contributed by atoms with Crippen molar-refractivity contribution >= 4 is 11.6 Å². The average Bonchev–Trinajstić information content (AvgIpc) is 3.11. The van der Waals surface area contributed by atoms with Crippen LogP contribution >= 0.6 is 0 Å². The summed E-state index contributed by atoms with van der Waals surface area (Å²) in [4.78, 5) is 20.5. The number of hydrogen-bond acceptors (Lipinski definition) is 5. The van der Waals surface area contributed by atoms with E-state index in [0.717, 1.165) is 29.7 Å². The van der Waals surface area contributed by atoms with Gasteiger partial charge >= 0.3 is 0 Å². The molecule has 6 heteroatoms. The van der Waals surface area contributed by atoms with Crippen LogP contribution in [0.5, 0.6) is 0 Å². The number of rotatable bonds is 7. The van der Waals surface area contributed by atoms with Crippen molar-refractivity contribution in [2.75, 3.05) is 5.32 Å². The molecule has 6 nitrogen and oxygen atoms in total. The smallest absolute Gasteiger partial charge is 0.231 e. The monoisotopic (exact) mass is 336 g/mol. The summed E-state index contributed by atoms with van der Waals surface area (Å²) < 4.78 is 5.35. The van der Waals surface area contributed by atoms with E-state index in [4.69, 9.17) is 4.52 Å². The molecular formula is C19H20N4O2. The van der Waals surface area contributed by atoms with Gasteiger partial charge in [0.1, 0.15) is 0 Å². The number of hydrogen-bond donors (Lipinski definition) is 1. The van der Waals surface area contributed by atoms with E-state index in [2.05, 4.69) is 27.4 Å². The fourth-order valence-electron chi connectivity index (χ4n) is 2.45. The third-order valence-electron chi connectivity index (χ3n) is 3.78. The minimum absolute atomic E-state index is 0.0240. The van der Waals surface area contributed by atoms with E-state index in [-0.39, 0.29) is 5.91 Å². The molecule has 1 amide bonds. The summed E-state index contributed by atoms with van der Waals surface area (Å²) in [7, 11) is 0. The van der Waals surface area contributed by atoms with Crippen LogP contribution in [-0.4, -0.2) is 21.0 Å². The number of nitrogens with one attached hydrogen (secondary N) is 1. The molecule has 0 aliphatic rings. The summed E-state index contributed by atoms with van der Waals surface area (Å²) in [6.07, 6.45) is 6.24. The van der Waals surface area contributed by atoms with Gasteiger partial charge in [0.05, 0.1) is 6.42 Å². The van der Waals surface area contributed by atoms with Crippen molar-refractivity contribution in [3.63, 3.8) is 0 Å². The van der Waals surface area contributed by atoms with Crippen LogP contribution < -0.4 is 5.32 Å². The fraction of sp³-hybridized carbons (Fsp3) is 0.263. The molecule has 3 aromatic rings. The highest BCUT2D eigenvalue weighted by Crippen LogP contribution is 2.21. The Morgan fingerprint density at radius 3 is 2.88 bits per heavy atom. The van der Waals surface area contributed by atoms with Crippen LogP contribution in [0.3, 0.4) is 0 Å². The molecule has 1 aromatic carbocycles. The maximum absolute atomic E-state index is 12.0. The Hall–Kier alpha value is -3.02. The molecule has 0 atom stereocenters. The van der Waals surface area contributed by atoms with Gasteiger partial charge in [-0.15, -0.1) is 0 Å². The summed E-state index contributed by atoms with van der Waals surface area (Å²) in [6.45, 7) is 2.07. The van der Waals surface area contributed by atoms with Gasteiger partial charge in [0, 0.05) is 30.1 Å². The van der Waals surface area contributed by atoms with Crippen molar-refractivity contribution in [3.05, 3.63) is 60.2 Å². The van der Waals surface area contributed by atoms with Crippen LogP contribution in [0.1, 0.15) is 37.6 Å². The Bertz CT molecular complexity index is 830. The summed E-state index contributed by atoms with van der Waals surface area (Å²) >= 11 is 0. The van der Waals surface area contributed by atoms with E-state index in [0.29, 0.717) is 24.6 Å². The van der Waals surface area contributed by atoms with Gasteiger partial charge in [0.15, 0.2) is 0 Å². The minimum Gasteiger partial charge on any atom is -0.339 e. The molecular weight excluding hydrogens is 316 g/mol. The molecule has 0 fully saturated rings. The lowest BCUT2D eigenvalue weighted by Crippen LogP contribution is -2.12. The predicted molar refractivity (Wildman–Crippen MR) is 94.9 cm³/mol. The number of pyridine rings is 1. The molecule has 0 saturated carbocycles. The van der Waals surface area contributed by atoms with Gasteiger partial charge in [0.25, 0.3) is 0 Å². The molecule has 3 rings (SSSR count). The Labute approximate surface area is 146 Å². The Kier molecular flexibility index (Phi) is 5.51. The molecule has 0 aliphatic carbocycles. The summed E-state index contributed by atoms with van der Waals surface area (Å²) in [5.74, 6) is 1.03. The van der Waals surface area contributed by atoms with Crippen LogP contribution in [0.15, 0.2) is 53.3 Å². The zero-order chi connectivity index (χ0) is 17.5. The van der Waals surface area contributed by atoms with Crippen LogP contribution in [0.25, 0.3) is 11.4 Å². The molecule has 0 aliphatic heterocycles. The van der Waals surface area contributed by atoms with E-state index < -0.39 is 0 Å². The van der Waals surface area contributed by atoms with Gasteiger partial charge < -0.3 is 9.84 Å². The van der Waals surface area contributed by atoms with Crippen LogP contribution in [0.2, 0.25) is 0 Å². The second-order valence-corrected chi connectivity index (χ2v) is 5.74. The molecule has 2 aromatic heterocycles. The average molecular weight is 336 g/mol. The SMILES string of the molecule is CCCCC(=O)Nc1ccccc1Cc1nc(-c2cccnc2)no1. The van der Waals surface area contributed by atoms with Gasteiger partial charge in [0.2, 0.25) is 17.6 Å². The first-order chi connectivity index (χ1) is 12.3. The molecule has 25 heavy (non-hydrogen) atoms. The zero-order valence-corrected chi connectivity index (χ0v) is 14.1. The van der Waals surface area contributed by atoms with Gasteiger partial charge in [-0.05, 0) is 30.2 Å². The second kappa shape index (κ2) is 8.19. The second-order valence-electron chi connectivity index (χ2n) is 5.74. The lowest BCUT2D eigenvalue weighted by molar-refractivity contribution is -0.116. The largest absolute Gasteiger partial charge is 0.339 e. The van der Waals surface area contributed by atoms with Gasteiger partial charge in [-0.2, -0.15) is 4.98 Å². The number of carbonyl (C=O) groups excluding carboxylic acids is 1. The molecule has 0 bridgehead atoms. The van der Waals surface area contributed by atoms with E-state index in [1.807, 2.05) is 36.4 Å². The number of carbonyl (C=O) groups is 1. The molecule has 128 valence electrons. The van der Waals surface area contributed by atoms with Crippen LogP contribution in [0.4, 0.5) is 5.69 Å². The molecule has 2 heterocycles. The maximum Gasteiger partial charge on any atom is 0.231 e. The molecule has 1 N–H and O–H groups in total. The molecule has 0 radical (unpaired) electrons. The third kappa shape index (κ3) is 4.50. The standard InChI is InChI=1S/C19H20N4O2/c1-2-3-10-17(24)21-16-9-5-4-7-14(16)12-18-22-19(23-25-18)15-8-6-11-20-13-15/h4-9,11,13H,2-3,10,12H2,1H3,(H,21,24). The summed E-state index contributed by atoms with van der Waals surface area (Å²) in [6, 6.07) is 11.4. The van der Waals surface area contributed by atoms with Gasteiger partial charge in [-0.25, -0.2) is 0 Å². The van der Waals surface area contributed by atoms with Gasteiger partial charge in [-0.3, -0.25) is 9.78 Å². The predicted octanol–water partition coefficient (Wildman–Crippen LogP) is 3.85. The first-order valence-electron chi connectivity index (χ1n) is 8.37. The Balaban J connectivity index is 1.73. The lowest BCUT2D eigenvalue weighted by atomic mass is 10.1. The normalized spacial score (nSPS) is 10.6. The number of unbranched alkanes of at least 4 members (excludes halogenated alkanes) is 1.